The van der Waals surface area contributed by atoms with E-state index in [1.165, 1.54) is 12.8 Å². The smallest absolute Gasteiger partial charge is 0.404 e. The highest BCUT2D eigenvalue weighted by Crippen LogP contribution is 2.53. The fourth-order valence-electron chi connectivity index (χ4n) is 4.70. The lowest BCUT2D eigenvalue weighted by Gasteiger charge is -2.38. The molecular formula is C19H22N2O4. The van der Waals surface area contributed by atoms with E-state index in [0.717, 1.165) is 30.5 Å². The molecule has 1 amide bonds. The Labute approximate surface area is 146 Å². The molecule has 3 atom stereocenters. The maximum absolute atomic E-state index is 12.0. The van der Waals surface area contributed by atoms with Gasteiger partial charge in [0.2, 0.25) is 0 Å². The van der Waals surface area contributed by atoms with Crippen molar-refractivity contribution in [2.75, 3.05) is 13.1 Å². The molecule has 0 radical (unpaired) electrons. The minimum Gasteiger partial charge on any atom is -0.465 e. The summed E-state index contributed by atoms with van der Waals surface area (Å²) in [5, 5.41) is 10.9. The zero-order valence-corrected chi connectivity index (χ0v) is 14.1. The number of fused-ring (bicyclic) bond motifs is 3. The molecular weight excluding hydrogens is 320 g/mol. The second-order valence-corrected chi connectivity index (χ2v) is 7.11. The van der Waals surface area contributed by atoms with Crippen LogP contribution in [-0.4, -0.2) is 52.8 Å². The van der Waals surface area contributed by atoms with Gasteiger partial charge in [-0.25, -0.2) is 9.59 Å². The Morgan fingerprint density at radius 2 is 2.36 bits per heavy atom. The van der Waals surface area contributed by atoms with Crippen molar-refractivity contribution in [3.05, 3.63) is 23.3 Å². The lowest BCUT2D eigenvalue weighted by Crippen LogP contribution is -2.48. The van der Waals surface area contributed by atoms with Gasteiger partial charge >= 0.3 is 12.1 Å². The number of carbonyl (C=O) groups excluding carboxylic acids is 1. The third-order valence-electron chi connectivity index (χ3n) is 5.65. The van der Waals surface area contributed by atoms with E-state index < -0.39 is 11.7 Å². The predicted molar refractivity (Wildman–Crippen MR) is 90.8 cm³/mol. The Bertz CT molecular complexity index is 729. The van der Waals surface area contributed by atoms with Crippen LogP contribution in [0, 0.1) is 11.8 Å². The Morgan fingerprint density at radius 1 is 1.48 bits per heavy atom. The van der Waals surface area contributed by atoms with Crippen LogP contribution in [-0.2, 0) is 9.53 Å². The van der Waals surface area contributed by atoms with Gasteiger partial charge in [0.05, 0.1) is 6.04 Å². The van der Waals surface area contributed by atoms with Gasteiger partial charge in [0.1, 0.15) is 0 Å². The van der Waals surface area contributed by atoms with Crippen molar-refractivity contribution >= 4 is 12.1 Å². The number of ether oxygens (including phenoxy) is 1. The number of rotatable bonds is 3. The highest BCUT2D eigenvalue weighted by atomic mass is 16.6. The SMILES string of the molecule is O=C(O)NCCCC#CC1=C[C@@H]2C[C@@]3(OC(=O)C=C13)C1CCCCN12. The summed E-state index contributed by atoms with van der Waals surface area (Å²) in [5.74, 6) is 6.09. The van der Waals surface area contributed by atoms with Crippen LogP contribution in [0.25, 0.3) is 0 Å². The molecule has 25 heavy (non-hydrogen) atoms. The molecule has 6 nitrogen and oxygen atoms in total. The van der Waals surface area contributed by atoms with Crippen molar-refractivity contribution in [1.82, 2.24) is 10.2 Å². The summed E-state index contributed by atoms with van der Waals surface area (Å²) in [4.78, 5) is 24.9. The van der Waals surface area contributed by atoms with Crippen LogP contribution in [0.1, 0.15) is 38.5 Å². The summed E-state index contributed by atoms with van der Waals surface area (Å²) < 4.78 is 5.86. The second kappa shape index (κ2) is 6.23. The predicted octanol–water partition coefficient (Wildman–Crippen LogP) is 1.83. The summed E-state index contributed by atoms with van der Waals surface area (Å²) in [6.45, 7) is 1.45. The minimum atomic E-state index is -1.01. The first kappa shape index (κ1) is 16.2. The van der Waals surface area contributed by atoms with Gasteiger partial charge in [0.25, 0.3) is 0 Å². The van der Waals surface area contributed by atoms with E-state index in [1.54, 1.807) is 6.08 Å². The fraction of sp³-hybridized carbons (Fsp3) is 0.579. The molecule has 132 valence electrons. The molecule has 2 saturated heterocycles. The average molecular weight is 342 g/mol. The molecule has 3 heterocycles. The van der Waals surface area contributed by atoms with Gasteiger partial charge in [-0.15, -0.1) is 0 Å². The topological polar surface area (TPSA) is 78.9 Å². The molecule has 0 saturated carbocycles. The van der Waals surface area contributed by atoms with Crippen molar-refractivity contribution in [3.63, 3.8) is 0 Å². The molecule has 1 aliphatic carbocycles. The monoisotopic (exact) mass is 342 g/mol. The number of carboxylic acid groups (broad SMARTS) is 1. The second-order valence-electron chi connectivity index (χ2n) is 7.11. The first-order valence-electron chi connectivity index (χ1n) is 8.99. The van der Waals surface area contributed by atoms with E-state index in [0.29, 0.717) is 25.4 Å². The molecule has 0 aromatic rings. The van der Waals surface area contributed by atoms with Gasteiger partial charge in [0.15, 0.2) is 5.60 Å². The van der Waals surface area contributed by atoms with Crippen LogP contribution in [0.15, 0.2) is 23.3 Å². The summed E-state index contributed by atoms with van der Waals surface area (Å²) in [7, 11) is 0. The first-order valence-corrected chi connectivity index (χ1v) is 8.99. The number of nitrogens with zero attached hydrogens (tertiary/aromatic N) is 1. The number of piperidine rings is 1. The van der Waals surface area contributed by atoms with Crippen molar-refractivity contribution in [1.29, 1.82) is 0 Å². The minimum absolute atomic E-state index is 0.249. The Morgan fingerprint density at radius 3 is 3.20 bits per heavy atom. The van der Waals surface area contributed by atoms with E-state index in [4.69, 9.17) is 9.84 Å². The molecule has 0 aromatic heterocycles. The Hall–Kier alpha value is -2.26. The Kier molecular flexibility index (Phi) is 4.04. The van der Waals surface area contributed by atoms with Crippen LogP contribution in [0.3, 0.4) is 0 Å². The molecule has 1 spiro atoms. The normalized spacial score (nSPS) is 32.6. The lowest BCUT2D eigenvalue weighted by atomic mass is 9.77. The largest absolute Gasteiger partial charge is 0.465 e. The fourth-order valence-corrected chi connectivity index (χ4v) is 4.70. The number of nitrogens with one attached hydrogen (secondary N) is 1. The van der Waals surface area contributed by atoms with Gasteiger partial charge in [0, 0.05) is 42.7 Å². The molecule has 2 fully saturated rings. The van der Waals surface area contributed by atoms with Crippen molar-refractivity contribution in [2.45, 2.75) is 56.2 Å². The highest BCUT2D eigenvalue weighted by Gasteiger charge is 2.61. The zero-order valence-electron chi connectivity index (χ0n) is 14.1. The maximum Gasteiger partial charge on any atom is 0.404 e. The van der Waals surface area contributed by atoms with Crippen molar-refractivity contribution in [2.24, 2.45) is 0 Å². The van der Waals surface area contributed by atoms with Gasteiger partial charge in [-0.05, 0) is 25.8 Å². The van der Waals surface area contributed by atoms with E-state index in [9.17, 15) is 9.59 Å². The summed E-state index contributed by atoms with van der Waals surface area (Å²) in [6.07, 6.45) is 8.39. The van der Waals surface area contributed by atoms with Gasteiger partial charge in [-0.1, -0.05) is 24.3 Å². The van der Waals surface area contributed by atoms with E-state index in [-0.39, 0.29) is 12.0 Å². The van der Waals surface area contributed by atoms with Crippen molar-refractivity contribution < 1.29 is 19.4 Å². The highest BCUT2D eigenvalue weighted by molar-refractivity contribution is 5.90. The quantitative estimate of drug-likeness (QED) is 0.465. The van der Waals surface area contributed by atoms with Gasteiger partial charge in [-0.3, -0.25) is 4.90 Å². The molecule has 3 aliphatic heterocycles. The molecule has 2 bridgehead atoms. The number of unbranched alkanes of at least 4 members (excludes halogenated alkanes) is 1. The van der Waals surface area contributed by atoms with Gasteiger partial charge in [-0.2, -0.15) is 0 Å². The van der Waals surface area contributed by atoms with Crippen LogP contribution >= 0.6 is 0 Å². The van der Waals surface area contributed by atoms with E-state index in [2.05, 4.69) is 28.1 Å². The van der Waals surface area contributed by atoms with Gasteiger partial charge < -0.3 is 15.2 Å². The lowest BCUT2D eigenvalue weighted by molar-refractivity contribution is -0.148. The standard InChI is InChI=1S/C19H22N2O4/c22-17-11-15-13(6-2-1-4-8-20-18(23)24)10-14-12-19(15,25-17)16-7-3-5-9-21(14)16/h10-11,14,16,20H,1,3-5,7-9,12H2,(H,23,24)/t14-,16?,19+/m1/s1. The molecule has 6 heteroatoms. The molecule has 4 aliphatic rings. The first-order chi connectivity index (χ1) is 12.1. The average Bonchev–Trinajstić information content (AvgIpc) is 3.06. The summed E-state index contributed by atoms with van der Waals surface area (Å²) in [6, 6.07) is 0.575. The molecule has 2 N–H and O–H groups in total. The Balaban J connectivity index is 1.52. The van der Waals surface area contributed by atoms with Crippen LogP contribution < -0.4 is 5.32 Å². The molecule has 4 rings (SSSR count). The van der Waals surface area contributed by atoms with Crippen LogP contribution in [0.5, 0.6) is 0 Å². The molecule has 1 unspecified atom stereocenters. The zero-order chi connectivity index (χ0) is 17.4. The number of hydrogen-bond donors (Lipinski definition) is 2. The maximum atomic E-state index is 12.0. The van der Waals surface area contributed by atoms with E-state index in [1.807, 2.05) is 0 Å². The summed E-state index contributed by atoms with van der Waals surface area (Å²) >= 11 is 0. The van der Waals surface area contributed by atoms with Crippen molar-refractivity contribution in [3.8, 4) is 11.8 Å². The number of amides is 1. The number of esters is 1. The summed E-state index contributed by atoms with van der Waals surface area (Å²) in [5.41, 5.74) is 1.38. The van der Waals surface area contributed by atoms with E-state index >= 15 is 0 Å². The van der Waals surface area contributed by atoms with Crippen LogP contribution in [0.2, 0.25) is 0 Å². The molecule has 0 aromatic carbocycles. The number of hydrogen-bond acceptors (Lipinski definition) is 4. The third kappa shape index (κ3) is 2.73. The number of carbonyl (C=O) groups is 2. The van der Waals surface area contributed by atoms with Crippen LogP contribution in [0.4, 0.5) is 4.79 Å². The third-order valence-corrected chi connectivity index (χ3v) is 5.65.